The van der Waals surface area contributed by atoms with Crippen molar-refractivity contribution in [3.05, 3.63) is 108 Å². The zero-order valence-corrected chi connectivity index (χ0v) is 20.0. The first-order valence-electron chi connectivity index (χ1n) is 11.8. The summed E-state index contributed by atoms with van der Waals surface area (Å²) in [4.78, 5) is 29.1. The molecule has 5 nitrogen and oxygen atoms in total. The molecule has 1 unspecified atom stereocenters. The molecule has 0 saturated carbocycles. The normalized spacial score (nSPS) is 18.4. The summed E-state index contributed by atoms with van der Waals surface area (Å²) in [5.74, 6) is -1.56. The fraction of sp³-hybridized carbons (Fsp3) is 0.310. The Morgan fingerprint density at radius 1 is 0.882 bits per heavy atom. The average molecular weight is 457 g/mol. The molecule has 4 rings (SSSR count). The van der Waals surface area contributed by atoms with Gasteiger partial charge >= 0.3 is 5.97 Å². The van der Waals surface area contributed by atoms with Gasteiger partial charge in [-0.3, -0.25) is 14.5 Å². The molecule has 0 spiro atoms. The minimum atomic E-state index is -0.866. The van der Waals surface area contributed by atoms with Gasteiger partial charge in [0.25, 0.3) is 0 Å². The molecule has 0 aliphatic carbocycles. The highest BCUT2D eigenvalue weighted by Crippen LogP contribution is 2.48. The van der Waals surface area contributed by atoms with Crippen molar-refractivity contribution in [3.8, 4) is 0 Å². The van der Waals surface area contributed by atoms with Crippen molar-refractivity contribution >= 4 is 11.9 Å². The maximum atomic E-state index is 13.5. The van der Waals surface area contributed by atoms with Crippen LogP contribution in [0.2, 0.25) is 0 Å². The predicted molar refractivity (Wildman–Crippen MR) is 133 cm³/mol. The van der Waals surface area contributed by atoms with Crippen LogP contribution in [0.25, 0.3) is 0 Å². The Labute approximate surface area is 201 Å². The van der Waals surface area contributed by atoms with E-state index in [1.165, 1.54) is 0 Å². The van der Waals surface area contributed by atoms with Crippen LogP contribution >= 0.6 is 0 Å². The number of carbonyl (C=O) groups is 2. The van der Waals surface area contributed by atoms with Crippen LogP contribution in [0, 0.1) is 11.8 Å². The monoisotopic (exact) mass is 456 g/mol. The maximum absolute atomic E-state index is 13.5. The average Bonchev–Trinajstić information content (AvgIpc) is 3.65. The first-order valence-corrected chi connectivity index (χ1v) is 11.8. The van der Waals surface area contributed by atoms with Crippen LogP contribution in [0.15, 0.2) is 91.0 Å². The molecule has 3 aromatic carbocycles. The maximum Gasteiger partial charge on any atom is 0.308 e. The van der Waals surface area contributed by atoms with Crippen molar-refractivity contribution in [1.82, 2.24) is 9.80 Å². The lowest BCUT2D eigenvalue weighted by Gasteiger charge is -2.38. The highest BCUT2D eigenvalue weighted by molar-refractivity contribution is 5.86. The summed E-state index contributed by atoms with van der Waals surface area (Å²) in [5, 5.41) is 9.61. The highest BCUT2D eigenvalue weighted by Gasteiger charge is 2.56. The molecule has 34 heavy (non-hydrogen) atoms. The Kier molecular flexibility index (Phi) is 6.85. The number of amides is 1. The molecule has 3 aromatic rings. The van der Waals surface area contributed by atoms with Gasteiger partial charge in [-0.05, 0) is 22.6 Å². The van der Waals surface area contributed by atoms with E-state index >= 15 is 0 Å². The number of carbonyl (C=O) groups excluding carboxylic acids is 1. The summed E-state index contributed by atoms with van der Waals surface area (Å²) < 4.78 is 0. The van der Waals surface area contributed by atoms with Crippen LogP contribution in [0.1, 0.15) is 30.5 Å². The van der Waals surface area contributed by atoms with Crippen molar-refractivity contribution in [2.24, 2.45) is 11.8 Å². The van der Waals surface area contributed by atoms with E-state index in [0.717, 1.165) is 16.7 Å². The van der Waals surface area contributed by atoms with Gasteiger partial charge in [0.2, 0.25) is 5.91 Å². The summed E-state index contributed by atoms with van der Waals surface area (Å²) in [6.07, 6.45) is 0. The zero-order chi connectivity index (χ0) is 24.3. The van der Waals surface area contributed by atoms with E-state index in [0.29, 0.717) is 6.54 Å². The van der Waals surface area contributed by atoms with Crippen molar-refractivity contribution in [2.45, 2.75) is 25.4 Å². The third-order valence-corrected chi connectivity index (χ3v) is 6.87. The number of nitrogens with zero attached hydrogens (tertiary/aromatic N) is 2. The second kappa shape index (κ2) is 9.82. The van der Waals surface area contributed by atoms with Crippen LogP contribution in [0.4, 0.5) is 0 Å². The van der Waals surface area contributed by atoms with Crippen molar-refractivity contribution in [1.29, 1.82) is 0 Å². The molecule has 176 valence electrons. The summed E-state index contributed by atoms with van der Waals surface area (Å²) in [6.45, 7) is 4.56. The Hall–Kier alpha value is -3.44. The Bertz CT molecular complexity index is 1020. The molecule has 1 fully saturated rings. The van der Waals surface area contributed by atoms with E-state index in [-0.39, 0.29) is 24.4 Å². The Balaban J connectivity index is 1.75. The summed E-state index contributed by atoms with van der Waals surface area (Å²) in [6, 6.07) is 30.5. The lowest BCUT2D eigenvalue weighted by Crippen LogP contribution is -2.44. The molecule has 0 radical (unpaired) electrons. The van der Waals surface area contributed by atoms with Gasteiger partial charge in [0.05, 0.1) is 11.5 Å². The fourth-order valence-electron chi connectivity index (χ4n) is 4.97. The number of hydrogen-bond donors (Lipinski definition) is 1. The standard InChI is InChI=1S/C29H32N2O3/c1-21(2)25(28(33)34)19-30(3)27(32)26-20-31(26)29(22-13-7-4-8-14-22,23-15-9-5-10-16-23)24-17-11-6-12-18-24/h4-18,21,25-26H,19-20H2,1-3H3,(H,33,34)/t25-,26+,31?/m0/s1. The number of likely N-dealkylation sites (N-methyl/N-ethyl adjacent to an activating group) is 1. The molecule has 1 N–H and O–H groups in total. The summed E-state index contributed by atoms with van der Waals surface area (Å²) in [7, 11) is 1.71. The lowest BCUT2D eigenvalue weighted by molar-refractivity contribution is -0.145. The van der Waals surface area contributed by atoms with E-state index in [4.69, 9.17) is 0 Å². The number of benzene rings is 3. The smallest absolute Gasteiger partial charge is 0.308 e. The Morgan fingerprint density at radius 3 is 1.65 bits per heavy atom. The van der Waals surface area contributed by atoms with Gasteiger partial charge in [0.15, 0.2) is 0 Å². The predicted octanol–water partition coefficient (Wildman–Crippen LogP) is 4.48. The minimum Gasteiger partial charge on any atom is -0.481 e. The molecule has 3 atom stereocenters. The first kappa shape index (κ1) is 23.7. The van der Waals surface area contributed by atoms with Gasteiger partial charge in [-0.15, -0.1) is 0 Å². The molecule has 5 heteroatoms. The van der Waals surface area contributed by atoms with E-state index < -0.39 is 17.4 Å². The largest absolute Gasteiger partial charge is 0.481 e. The third-order valence-electron chi connectivity index (χ3n) is 6.87. The molecule has 1 aliphatic heterocycles. The molecular formula is C29H32N2O3. The number of carboxylic acids is 1. The highest BCUT2D eigenvalue weighted by atomic mass is 16.4. The number of aliphatic carboxylic acids is 1. The van der Waals surface area contributed by atoms with Crippen LogP contribution in [0.5, 0.6) is 0 Å². The number of hydrogen-bond acceptors (Lipinski definition) is 3. The van der Waals surface area contributed by atoms with E-state index in [2.05, 4.69) is 41.3 Å². The molecule has 0 aromatic heterocycles. The molecule has 1 saturated heterocycles. The molecule has 1 amide bonds. The first-order chi connectivity index (χ1) is 16.4. The topological polar surface area (TPSA) is 60.6 Å². The van der Waals surface area contributed by atoms with Gasteiger partial charge in [-0.25, -0.2) is 0 Å². The van der Waals surface area contributed by atoms with Crippen LogP contribution in [0.3, 0.4) is 0 Å². The minimum absolute atomic E-state index is 0.0425. The SMILES string of the molecule is CC(C)[C@H](CN(C)C(=O)[C@H]1CN1C(c1ccccc1)(c1ccccc1)c1ccccc1)C(=O)O. The van der Waals surface area contributed by atoms with Crippen LogP contribution < -0.4 is 0 Å². The lowest BCUT2D eigenvalue weighted by atomic mass is 9.76. The number of rotatable bonds is 9. The fourth-order valence-corrected chi connectivity index (χ4v) is 4.97. The molecule has 1 heterocycles. The van der Waals surface area contributed by atoms with E-state index in [1.807, 2.05) is 68.4 Å². The second-order valence-corrected chi connectivity index (χ2v) is 9.38. The summed E-state index contributed by atoms with van der Waals surface area (Å²) in [5.41, 5.74) is 2.65. The molecule has 1 aliphatic rings. The second-order valence-electron chi connectivity index (χ2n) is 9.38. The van der Waals surface area contributed by atoms with Crippen molar-refractivity contribution in [3.63, 3.8) is 0 Å². The zero-order valence-electron chi connectivity index (χ0n) is 20.0. The van der Waals surface area contributed by atoms with Gasteiger partial charge in [-0.2, -0.15) is 0 Å². The van der Waals surface area contributed by atoms with Gasteiger partial charge in [0, 0.05) is 20.1 Å². The Morgan fingerprint density at radius 2 is 1.29 bits per heavy atom. The molecular weight excluding hydrogens is 424 g/mol. The molecule has 0 bridgehead atoms. The van der Waals surface area contributed by atoms with E-state index in [9.17, 15) is 14.7 Å². The van der Waals surface area contributed by atoms with E-state index in [1.54, 1.807) is 11.9 Å². The number of carboxylic acid groups (broad SMARTS) is 1. The van der Waals surface area contributed by atoms with Gasteiger partial charge in [0.1, 0.15) is 6.04 Å². The quantitative estimate of drug-likeness (QED) is 0.381. The van der Waals surface area contributed by atoms with Crippen molar-refractivity contribution < 1.29 is 14.7 Å². The van der Waals surface area contributed by atoms with Crippen LogP contribution in [-0.2, 0) is 15.1 Å². The van der Waals surface area contributed by atoms with Crippen LogP contribution in [-0.4, -0.2) is 53.0 Å². The van der Waals surface area contributed by atoms with Gasteiger partial charge in [-0.1, -0.05) is 105 Å². The third kappa shape index (κ3) is 4.36. The van der Waals surface area contributed by atoms with Crippen molar-refractivity contribution in [2.75, 3.05) is 20.1 Å². The summed E-state index contributed by atoms with van der Waals surface area (Å²) >= 11 is 0. The van der Waals surface area contributed by atoms with Gasteiger partial charge < -0.3 is 10.0 Å².